The number of hydrogen-bond donors (Lipinski definition) is 3. The fourth-order valence-corrected chi connectivity index (χ4v) is 2.96. The van der Waals surface area contributed by atoms with Crippen LogP contribution in [0.1, 0.15) is 17.0 Å². The normalized spacial score (nSPS) is 11.4. The van der Waals surface area contributed by atoms with Crippen LogP contribution in [0.2, 0.25) is 5.02 Å². The number of halogens is 4. The van der Waals surface area contributed by atoms with E-state index in [0.29, 0.717) is 6.33 Å². The lowest BCUT2D eigenvalue weighted by atomic mass is 10.2. The Labute approximate surface area is 193 Å². The molecule has 0 aliphatic heterocycles. The minimum Gasteiger partial charge on any atom is -0.449 e. The molecule has 34 heavy (non-hydrogen) atoms. The van der Waals surface area contributed by atoms with Gasteiger partial charge in [0.1, 0.15) is 11.4 Å². The summed E-state index contributed by atoms with van der Waals surface area (Å²) < 4.78 is 46.5. The van der Waals surface area contributed by atoms with E-state index in [2.05, 4.69) is 15.2 Å². The van der Waals surface area contributed by atoms with Crippen molar-refractivity contribution in [3.63, 3.8) is 0 Å². The van der Waals surface area contributed by atoms with E-state index < -0.39 is 35.3 Å². The van der Waals surface area contributed by atoms with Gasteiger partial charge in [-0.25, -0.2) is 15.9 Å². The van der Waals surface area contributed by atoms with Gasteiger partial charge in [0.2, 0.25) is 5.75 Å². The summed E-state index contributed by atoms with van der Waals surface area (Å²) in [6, 6.07) is 6.49. The minimum absolute atomic E-state index is 0.00288. The van der Waals surface area contributed by atoms with Crippen molar-refractivity contribution in [3.05, 3.63) is 85.7 Å². The summed E-state index contributed by atoms with van der Waals surface area (Å²) in [4.78, 5) is 28.2. The van der Waals surface area contributed by atoms with Crippen LogP contribution in [0.15, 0.2) is 52.6 Å². The zero-order chi connectivity index (χ0) is 25.0. The molecule has 0 radical (unpaired) electrons. The third-order valence-corrected chi connectivity index (χ3v) is 4.40. The molecule has 3 rings (SSSR count). The van der Waals surface area contributed by atoms with Crippen LogP contribution < -0.4 is 32.4 Å². The zero-order valence-electron chi connectivity index (χ0n) is 16.9. The average Bonchev–Trinajstić information content (AvgIpc) is 2.76. The van der Waals surface area contributed by atoms with Crippen molar-refractivity contribution in [1.29, 1.82) is 5.26 Å². The number of H-pyrrole nitrogens is 1. The molecule has 0 aliphatic carbocycles. The van der Waals surface area contributed by atoms with Gasteiger partial charge in [-0.2, -0.15) is 23.5 Å². The van der Waals surface area contributed by atoms with Crippen LogP contribution >= 0.6 is 11.6 Å². The van der Waals surface area contributed by atoms with Gasteiger partial charge in [-0.3, -0.25) is 19.2 Å². The van der Waals surface area contributed by atoms with Gasteiger partial charge in [0, 0.05) is 17.4 Å². The van der Waals surface area contributed by atoms with E-state index in [1.54, 1.807) is 6.07 Å². The number of hydrogen-bond acceptors (Lipinski definition) is 9. The van der Waals surface area contributed by atoms with E-state index in [9.17, 15) is 22.8 Å². The minimum atomic E-state index is -5.03. The lowest BCUT2D eigenvalue weighted by Gasteiger charge is -2.15. The fourth-order valence-electron chi connectivity index (χ4n) is 2.74. The number of benzene rings is 1. The van der Waals surface area contributed by atoms with Crippen molar-refractivity contribution >= 4 is 17.3 Å². The highest BCUT2D eigenvalue weighted by Gasteiger charge is 2.38. The van der Waals surface area contributed by atoms with Crippen molar-refractivity contribution in [2.24, 2.45) is 11.6 Å². The van der Waals surface area contributed by atoms with Crippen LogP contribution in [-0.2, 0) is 12.7 Å². The molecule has 0 atom stereocenters. The highest BCUT2D eigenvalue weighted by Crippen LogP contribution is 2.35. The Balaban J connectivity index is 2.07. The third kappa shape index (κ3) is 5.34. The van der Waals surface area contributed by atoms with Gasteiger partial charge in [0.05, 0.1) is 30.2 Å². The Bertz CT molecular complexity index is 1410. The van der Waals surface area contributed by atoms with Crippen molar-refractivity contribution < 1.29 is 17.9 Å². The number of aromatic nitrogens is 4. The average molecular weight is 495 g/mol. The van der Waals surface area contributed by atoms with Crippen LogP contribution in [0.3, 0.4) is 0 Å². The first kappa shape index (κ1) is 24.3. The molecule has 15 heteroatoms. The van der Waals surface area contributed by atoms with Gasteiger partial charge in [0.25, 0.3) is 11.1 Å². The highest BCUT2D eigenvalue weighted by atomic mass is 35.5. The van der Waals surface area contributed by atoms with E-state index in [-0.39, 0.29) is 27.7 Å². The second-order valence-electron chi connectivity index (χ2n) is 6.57. The molecule has 0 saturated carbocycles. The van der Waals surface area contributed by atoms with E-state index >= 15 is 0 Å². The molecule has 2 aromatic heterocycles. The summed E-state index contributed by atoms with van der Waals surface area (Å²) in [6.45, 7) is -0.400. The van der Waals surface area contributed by atoms with Crippen LogP contribution in [0.4, 0.5) is 18.9 Å². The monoisotopic (exact) mass is 494 g/mol. The molecule has 3 aromatic rings. The van der Waals surface area contributed by atoms with Crippen LogP contribution in [-0.4, -0.2) is 19.7 Å². The number of hydrazine groups is 1. The quantitative estimate of drug-likeness (QED) is 0.341. The topological polar surface area (TPSA) is 169 Å². The maximum atomic E-state index is 13.5. The molecule has 11 nitrogen and oxygen atoms in total. The summed E-state index contributed by atoms with van der Waals surface area (Å²) in [7, 11) is 0. The maximum Gasteiger partial charge on any atom is 0.437 e. The molecular weight excluding hydrogens is 481 g/mol. The Morgan fingerprint density at radius 3 is 2.68 bits per heavy atom. The molecule has 2 heterocycles. The van der Waals surface area contributed by atoms with Crippen molar-refractivity contribution in [2.45, 2.75) is 12.7 Å². The number of nitrogens with zero attached hydrogens (tertiary/aromatic N) is 5. The second-order valence-corrected chi connectivity index (χ2v) is 7.00. The first-order valence-electron chi connectivity index (χ1n) is 9.09. The summed E-state index contributed by atoms with van der Waals surface area (Å²) in [5, 5.41) is 15.9. The highest BCUT2D eigenvalue weighted by molar-refractivity contribution is 6.30. The number of aromatic amines is 1. The number of nitriles is 1. The second kappa shape index (κ2) is 9.65. The SMILES string of the molecule is N#Cc1cc(Cl)cc(Oc2c(C(F)(F)F)ncn(Cc3cc(N(N)/C=C\N)c(=O)[nH]n3)c2=O)c1. The predicted molar refractivity (Wildman–Crippen MR) is 114 cm³/mol. The molecule has 0 spiro atoms. The number of anilines is 1. The molecule has 0 amide bonds. The van der Waals surface area contributed by atoms with Gasteiger partial charge < -0.3 is 10.5 Å². The summed E-state index contributed by atoms with van der Waals surface area (Å²) in [5.74, 6) is 4.25. The number of nitrogens with two attached hydrogens (primary N) is 2. The first-order valence-corrected chi connectivity index (χ1v) is 9.47. The van der Waals surface area contributed by atoms with Gasteiger partial charge in [-0.05, 0) is 24.3 Å². The zero-order valence-corrected chi connectivity index (χ0v) is 17.6. The molecule has 176 valence electrons. The predicted octanol–water partition coefficient (Wildman–Crippen LogP) is 1.82. The van der Waals surface area contributed by atoms with Gasteiger partial charge in [-0.1, -0.05) is 11.6 Å². The standard InChI is InChI=1S/C19H14ClF3N8O3/c20-11-3-10(7-25)4-13(5-11)34-15-16(19(21,22)23)27-9-30(18(15)33)8-12-6-14(17(32)29-28-12)31(26)2-1-24/h1-6,9H,8,24,26H2,(H,29,32)/b2-1-. The number of ether oxygens (including phenoxy) is 1. The van der Waals surface area contributed by atoms with Gasteiger partial charge >= 0.3 is 6.18 Å². The van der Waals surface area contributed by atoms with Crippen LogP contribution in [0, 0.1) is 11.3 Å². The number of nitrogens with one attached hydrogen (secondary N) is 1. The molecule has 5 N–H and O–H groups in total. The Hall–Kier alpha value is -4.35. The number of alkyl halides is 3. The first-order chi connectivity index (χ1) is 16.0. The molecule has 0 saturated heterocycles. The molecule has 0 aliphatic rings. The summed E-state index contributed by atoms with van der Waals surface area (Å²) in [5.41, 5.74) is 1.73. The summed E-state index contributed by atoms with van der Waals surface area (Å²) in [6.07, 6.45) is -2.13. The smallest absolute Gasteiger partial charge is 0.437 e. The van der Waals surface area contributed by atoms with Gasteiger partial charge in [0.15, 0.2) is 5.69 Å². The van der Waals surface area contributed by atoms with Crippen LogP contribution in [0.25, 0.3) is 0 Å². The lowest BCUT2D eigenvalue weighted by molar-refractivity contribution is -0.142. The van der Waals surface area contributed by atoms with E-state index in [1.807, 2.05) is 0 Å². The van der Waals surface area contributed by atoms with Crippen LogP contribution in [0.5, 0.6) is 11.5 Å². The molecule has 1 aromatic carbocycles. The van der Waals surface area contributed by atoms with E-state index in [4.69, 9.17) is 33.2 Å². The largest absolute Gasteiger partial charge is 0.449 e. The van der Waals surface area contributed by atoms with Gasteiger partial charge in [-0.15, -0.1) is 0 Å². The van der Waals surface area contributed by atoms with Crippen molar-refractivity contribution in [2.75, 3.05) is 5.01 Å². The van der Waals surface area contributed by atoms with Crippen molar-refractivity contribution in [1.82, 2.24) is 19.7 Å². The Morgan fingerprint density at radius 2 is 2.03 bits per heavy atom. The van der Waals surface area contributed by atoms with Crippen molar-refractivity contribution in [3.8, 4) is 17.6 Å². The number of rotatable bonds is 6. The molecule has 0 fully saturated rings. The Morgan fingerprint density at radius 1 is 1.29 bits per heavy atom. The lowest BCUT2D eigenvalue weighted by Crippen LogP contribution is -2.32. The maximum absolute atomic E-state index is 13.5. The molecule has 0 unspecified atom stereocenters. The molecule has 0 bridgehead atoms. The molecular formula is C19H14ClF3N8O3. The third-order valence-electron chi connectivity index (χ3n) is 4.18. The Kier molecular flexibility index (Phi) is 6.89. The van der Waals surface area contributed by atoms with E-state index in [1.165, 1.54) is 18.3 Å². The fraction of sp³-hybridized carbons (Fsp3) is 0.105. The summed E-state index contributed by atoms with van der Waals surface area (Å²) >= 11 is 5.86. The van der Waals surface area contributed by atoms with E-state index in [0.717, 1.165) is 27.9 Å².